The van der Waals surface area contributed by atoms with Gasteiger partial charge in [-0.15, -0.1) is 11.3 Å². The first-order valence-electron chi connectivity index (χ1n) is 6.20. The van der Waals surface area contributed by atoms with Crippen LogP contribution in [0.3, 0.4) is 0 Å². The van der Waals surface area contributed by atoms with Crippen molar-refractivity contribution < 1.29 is 4.79 Å². The average Bonchev–Trinajstić information content (AvgIpc) is 2.76. The molecule has 0 amide bonds. The molecule has 0 bridgehead atoms. The zero-order valence-corrected chi connectivity index (χ0v) is 14.6. The third-order valence-corrected chi connectivity index (χ3v) is 6.16. The summed E-state index contributed by atoms with van der Waals surface area (Å²) in [5.41, 5.74) is 2.05. The Morgan fingerprint density at radius 3 is 2.42 bits per heavy atom. The van der Waals surface area contributed by atoms with E-state index in [0.717, 1.165) is 25.1 Å². The zero-order chi connectivity index (χ0) is 13.8. The highest BCUT2D eigenvalue weighted by atomic mass is 79.9. The highest BCUT2D eigenvalue weighted by Crippen LogP contribution is 2.33. The number of benzene rings is 1. The molecule has 0 unspecified atom stereocenters. The van der Waals surface area contributed by atoms with Gasteiger partial charge in [0.05, 0.1) is 8.66 Å². The molecule has 0 N–H and O–H groups in total. The molecule has 1 nitrogen and oxygen atoms in total. The first-order valence-corrected chi connectivity index (χ1v) is 8.60. The fourth-order valence-electron chi connectivity index (χ4n) is 1.80. The second-order valence-electron chi connectivity index (χ2n) is 4.36. The van der Waals surface area contributed by atoms with Gasteiger partial charge in [0.1, 0.15) is 0 Å². The summed E-state index contributed by atoms with van der Waals surface area (Å²) in [6.45, 7) is 2.18. The Morgan fingerprint density at radius 1 is 1.21 bits per heavy atom. The van der Waals surface area contributed by atoms with E-state index in [-0.39, 0.29) is 5.78 Å². The number of hydrogen-bond donors (Lipinski definition) is 0. The van der Waals surface area contributed by atoms with Gasteiger partial charge >= 0.3 is 0 Å². The second-order valence-corrected chi connectivity index (χ2v) is 7.59. The minimum atomic E-state index is 0.0819. The van der Waals surface area contributed by atoms with Crippen molar-refractivity contribution in [3.8, 4) is 0 Å². The van der Waals surface area contributed by atoms with Crippen LogP contribution in [0.2, 0.25) is 0 Å². The van der Waals surface area contributed by atoms with Crippen molar-refractivity contribution in [2.24, 2.45) is 0 Å². The molecule has 0 aliphatic rings. The largest absolute Gasteiger partial charge is 0.288 e. The Bertz CT molecular complexity index is 553. The van der Waals surface area contributed by atoms with E-state index >= 15 is 0 Å². The number of carbonyl (C=O) groups excluding carboxylic acids is 1. The summed E-state index contributed by atoms with van der Waals surface area (Å²) in [5, 5.41) is 0. The quantitative estimate of drug-likeness (QED) is 0.574. The van der Waals surface area contributed by atoms with Crippen molar-refractivity contribution in [1.82, 2.24) is 0 Å². The van der Waals surface area contributed by atoms with E-state index in [0.29, 0.717) is 0 Å². The van der Waals surface area contributed by atoms with Gasteiger partial charge in [0, 0.05) is 10.0 Å². The molecule has 0 spiro atoms. The Balaban J connectivity index is 2.15. The van der Waals surface area contributed by atoms with E-state index in [4.69, 9.17) is 0 Å². The fourth-order valence-corrected chi connectivity index (χ4v) is 3.80. The lowest BCUT2D eigenvalue weighted by Gasteiger charge is -2.02. The van der Waals surface area contributed by atoms with Crippen LogP contribution in [0.1, 0.15) is 40.6 Å². The summed E-state index contributed by atoms with van der Waals surface area (Å²) in [6.07, 6.45) is 3.47. The Labute approximate surface area is 134 Å². The monoisotopic (exact) mass is 400 g/mol. The number of hydrogen-bond acceptors (Lipinski definition) is 2. The van der Waals surface area contributed by atoms with Crippen molar-refractivity contribution >= 4 is 49.0 Å². The van der Waals surface area contributed by atoms with E-state index in [1.807, 2.05) is 18.2 Å². The molecule has 0 fully saturated rings. The maximum atomic E-state index is 12.3. The Morgan fingerprint density at radius 2 is 1.89 bits per heavy atom. The molecule has 100 valence electrons. The second kappa shape index (κ2) is 6.82. The maximum absolute atomic E-state index is 12.3. The van der Waals surface area contributed by atoms with E-state index in [1.165, 1.54) is 29.7 Å². The zero-order valence-electron chi connectivity index (χ0n) is 10.6. The molecule has 1 aromatic carbocycles. The van der Waals surface area contributed by atoms with Crippen molar-refractivity contribution in [2.45, 2.75) is 26.2 Å². The molecule has 1 heterocycles. The van der Waals surface area contributed by atoms with Crippen molar-refractivity contribution in [1.29, 1.82) is 0 Å². The summed E-state index contributed by atoms with van der Waals surface area (Å²) in [7, 11) is 0. The van der Waals surface area contributed by atoms with Crippen LogP contribution >= 0.6 is 43.2 Å². The molecule has 0 aliphatic carbocycles. The van der Waals surface area contributed by atoms with Crippen LogP contribution < -0.4 is 0 Å². The van der Waals surface area contributed by atoms with Crippen molar-refractivity contribution in [3.05, 3.63) is 54.6 Å². The maximum Gasteiger partial charge on any atom is 0.203 e. The molecule has 0 saturated heterocycles. The SMILES string of the molecule is CCCCc1ccc(C(=O)c2cc(Br)c(Br)s2)cc1. The van der Waals surface area contributed by atoms with E-state index in [9.17, 15) is 4.79 Å². The van der Waals surface area contributed by atoms with Crippen LogP contribution in [0.4, 0.5) is 0 Å². The van der Waals surface area contributed by atoms with Gasteiger partial charge in [-0.1, -0.05) is 37.6 Å². The minimum absolute atomic E-state index is 0.0819. The van der Waals surface area contributed by atoms with Gasteiger partial charge in [-0.05, 0) is 56.3 Å². The molecule has 1 aromatic heterocycles. The highest BCUT2D eigenvalue weighted by Gasteiger charge is 2.13. The fraction of sp³-hybridized carbons (Fsp3) is 0.267. The number of unbranched alkanes of at least 4 members (excludes halogenated alkanes) is 1. The summed E-state index contributed by atoms with van der Waals surface area (Å²) in [4.78, 5) is 13.1. The number of halogens is 2. The number of aryl methyl sites for hydroxylation is 1. The summed E-state index contributed by atoms with van der Waals surface area (Å²) < 4.78 is 1.89. The molecule has 0 radical (unpaired) electrons. The minimum Gasteiger partial charge on any atom is -0.288 e. The summed E-state index contributed by atoms with van der Waals surface area (Å²) in [5.74, 6) is 0.0819. The molecule has 0 atom stereocenters. The number of rotatable bonds is 5. The number of carbonyl (C=O) groups is 1. The van der Waals surface area contributed by atoms with Crippen LogP contribution in [0, 0.1) is 0 Å². The number of thiophene rings is 1. The molecule has 0 saturated carbocycles. The first kappa shape index (κ1) is 14.9. The van der Waals surface area contributed by atoms with Gasteiger partial charge in [0.25, 0.3) is 0 Å². The molecular formula is C15H14Br2OS. The normalized spacial score (nSPS) is 10.7. The molecule has 2 rings (SSSR count). The third kappa shape index (κ3) is 3.77. The lowest BCUT2D eigenvalue weighted by atomic mass is 10.0. The van der Waals surface area contributed by atoms with E-state index in [2.05, 4.69) is 50.9 Å². The Kier molecular flexibility index (Phi) is 5.37. The predicted molar refractivity (Wildman–Crippen MR) is 88.2 cm³/mol. The van der Waals surface area contributed by atoms with Crippen molar-refractivity contribution in [2.75, 3.05) is 0 Å². The van der Waals surface area contributed by atoms with Crippen LogP contribution in [-0.4, -0.2) is 5.78 Å². The molecule has 4 heteroatoms. The van der Waals surface area contributed by atoms with Gasteiger partial charge in [0.15, 0.2) is 0 Å². The van der Waals surface area contributed by atoms with Crippen molar-refractivity contribution in [3.63, 3.8) is 0 Å². The smallest absolute Gasteiger partial charge is 0.203 e. The van der Waals surface area contributed by atoms with Gasteiger partial charge in [-0.2, -0.15) is 0 Å². The first-order chi connectivity index (χ1) is 9.11. The van der Waals surface area contributed by atoms with Gasteiger partial charge in [-0.3, -0.25) is 4.79 Å². The molecule has 19 heavy (non-hydrogen) atoms. The van der Waals surface area contributed by atoms with Gasteiger partial charge < -0.3 is 0 Å². The average molecular weight is 402 g/mol. The van der Waals surface area contributed by atoms with Crippen LogP contribution in [-0.2, 0) is 6.42 Å². The lowest BCUT2D eigenvalue weighted by molar-refractivity contribution is 0.104. The molecule has 2 aromatic rings. The topological polar surface area (TPSA) is 17.1 Å². The third-order valence-electron chi connectivity index (χ3n) is 2.90. The lowest BCUT2D eigenvalue weighted by Crippen LogP contribution is -1.98. The Hall–Kier alpha value is -0.450. The number of ketones is 1. The van der Waals surface area contributed by atoms with Crippen LogP contribution in [0.15, 0.2) is 38.6 Å². The summed E-state index contributed by atoms with van der Waals surface area (Å²) >= 11 is 8.28. The molecular weight excluding hydrogens is 388 g/mol. The highest BCUT2D eigenvalue weighted by molar-refractivity contribution is 9.13. The summed E-state index contributed by atoms with van der Waals surface area (Å²) in [6, 6.07) is 9.83. The van der Waals surface area contributed by atoms with Crippen LogP contribution in [0.25, 0.3) is 0 Å². The van der Waals surface area contributed by atoms with Crippen LogP contribution in [0.5, 0.6) is 0 Å². The van der Waals surface area contributed by atoms with Gasteiger partial charge in [-0.25, -0.2) is 0 Å². The molecule has 0 aliphatic heterocycles. The van der Waals surface area contributed by atoms with Gasteiger partial charge in [0.2, 0.25) is 5.78 Å². The standard InChI is InChI=1S/C15H14Br2OS/c1-2-3-4-10-5-7-11(8-6-10)14(18)13-9-12(16)15(17)19-13/h5-9H,2-4H2,1H3. The predicted octanol–water partition coefficient (Wildman–Crippen LogP) is 5.85. The van der Waals surface area contributed by atoms with E-state index < -0.39 is 0 Å². The van der Waals surface area contributed by atoms with E-state index in [1.54, 1.807) is 0 Å².